The number of halogens is 3. The van der Waals surface area contributed by atoms with Gasteiger partial charge in [0.25, 0.3) is 10.0 Å². The molecular formula is C31H34Cl2FN3O4S. The molecule has 0 bridgehead atoms. The van der Waals surface area contributed by atoms with Crippen molar-refractivity contribution in [3.63, 3.8) is 0 Å². The van der Waals surface area contributed by atoms with Crippen LogP contribution in [0.4, 0.5) is 10.1 Å². The fourth-order valence-electron chi connectivity index (χ4n) is 4.97. The van der Waals surface area contributed by atoms with Crippen molar-refractivity contribution in [1.82, 2.24) is 10.2 Å². The van der Waals surface area contributed by atoms with Crippen LogP contribution in [0.1, 0.15) is 50.2 Å². The average Bonchev–Trinajstić information content (AvgIpc) is 2.97. The Morgan fingerprint density at radius 3 is 2.26 bits per heavy atom. The van der Waals surface area contributed by atoms with E-state index in [4.69, 9.17) is 23.2 Å². The quantitative estimate of drug-likeness (QED) is 0.276. The first-order chi connectivity index (χ1) is 20.0. The standard InChI is InChI=1S/C31H34Cl2FN3O4S/c1-21-11-17-26(18-12-21)42(40,41)37(28-10-6-9-27(32)30(28)33)20-29(38)36(19-23-13-15-24(34)16-14-23)22(2)31(39)35-25-7-4-3-5-8-25/h6,9-18,22,25H,3-5,7-8,19-20H2,1-2H3,(H,35,39)/t22-/m1/s1. The van der Waals surface area contributed by atoms with Crippen LogP contribution in [0.25, 0.3) is 0 Å². The molecule has 0 saturated heterocycles. The second-order valence-electron chi connectivity index (χ2n) is 10.6. The van der Waals surface area contributed by atoms with Crippen LogP contribution in [0.5, 0.6) is 0 Å². The van der Waals surface area contributed by atoms with Crippen LogP contribution >= 0.6 is 23.2 Å². The summed E-state index contributed by atoms with van der Waals surface area (Å²) in [5.41, 5.74) is 1.47. The molecule has 1 aliphatic rings. The normalized spacial score (nSPS) is 14.7. The number of carbonyl (C=O) groups is 2. The summed E-state index contributed by atoms with van der Waals surface area (Å²) in [4.78, 5) is 28.7. The molecule has 0 spiro atoms. The Morgan fingerprint density at radius 1 is 0.976 bits per heavy atom. The second kappa shape index (κ2) is 13.9. The highest BCUT2D eigenvalue weighted by molar-refractivity contribution is 7.92. The topological polar surface area (TPSA) is 86.8 Å². The minimum absolute atomic E-state index is 0.0140. The van der Waals surface area contributed by atoms with Crippen molar-refractivity contribution >= 4 is 50.7 Å². The molecule has 3 aromatic carbocycles. The Morgan fingerprint density at radius 2 is 1.62 bits per heavy atom. The molecule has 7 nitrogen and oxygen atoms in total. The van der Waals surface area contributed by atoms with Crippen LogP contribution in [0, 0.1) is 12.7 Å². The van der Waals surface area contributed by atoms with Crippen molar-refractivity contribution < 1.29 is 22.4 Å². The molecule has 0 aliphatic heterocycles. The fraction of sp³-hybridized carbons (Fsp3) is 0.355. The maximum atomic E-state index is 14.1. The molecule has 1 N–H and O–H groups in total. The van der Waals surface area contributed by atoms with E-state index in [0.29, 0.717) is 5.56 Å². The van der Waals surface area contributed by atoms with E-state index in [9.17, 15) is 22.4 Å². The summed E-state index contributed by atoms with van der Waals surface area (Å²) < 4.78 is 42.5. The molecule has 4 rings (SSSR count). The highest BCUT2D eigenvalue weighted by Gasteiger charge is 2.34. The Bertz CT molecular complexity index is 1510. The number of anilines is 1. The third-order valence-electron chi connectivity index (χ3n) is 7.47. The number of rotatable bonds is 10. The van der Waals surface area contributed by atoms with E-state index in [-0.39, 0.29) is 39.1 Å². The SMILES string of the molecule is Cc1ccc(S(=O)(=O)N(CC(=O)N(Cc2ccc(F)cc2)[C@H](C)C(=O)NC2CCCCC2)c2cccc(Cl)c2Cl)cc1. The van der Waals surface area contributed by atoms with Gasteiger partial charge in [-0.05, 0) is 68.7 Å². The van der Waals surface area contributed by atoms with Gasteiger partial charge >= 0.3 is 0 Å². The first-order valence-corrected chi connectivity index (χ1v) is 16.0. The minimum Gasteiger partial charge on any atom is -0.352 e. The third-order valence-corrected chi connectivity index (χ3v) is 10.1. The molecule has 0 unspecified atom stereocenters. The van der Waals surface area contributed by atoms with Crippen LogP contribution in [-0.2, 0) is 26.2 Å². The molecule has 224 valence electrons. The van der Waals surface area contributed by atoms with E-state index in [0.717, 1.165) is 42.0 Å². The minimum atomic E-state index is -4.29. The van der Waals surface area contributed by atoms with Gasteiger partial charge in [-0.1, -0.05) is 78.4 Å². The van der Waals surface area contributed by atoms with Crippen LogP contribution in [0.15, 0.2) is 71.6 Å². The summed E-state index contributed by atoms with van der Waals surface area (Å²) in [6.45, 7) is 2.74. The molecule has 1 fully saturated rings. The molecule has 11 heteroatoms. The highest BCUT2D eigenvalue weighted by atomic mass is 35.5. The first kappa shape index (κ1) is 31.8. The molecule has 0 heterocycles. The van der Waals surface area contributed by atoms with E-state index in [1.807, 2.05) is 6.92 Å². The lowest BCUT2D eigenvalue weighted by Gasteiger charge is -2.33. The van der Waals surface area contributed by atoms with Crippen LogP contribution in [0.3, 0.4) is 0 Å². The van der Waals surface area contributed by atoms with Crippen molar-refractivity contribution in [2.24, 2.45) is 0 Å². The van der Waals surface area contributed by atoms with Gasteiger partial charge in [-0.3, -0.25) is 13.9 Å². The molecule has 0 aromatic heterocycles. The maximum Gasteiger partial charge on any atom is 0.264 e. The van der Waals surface area contributed by atoms with Crippen LogP contribution in [-0.4, -0.2) is 43.8 Å². The number of benzene rings is 3. The largest absolute Gasteiger partial charge is 0.352 e. The summed E-state index contributed by atoms with van der Waals surface area (Å²) in [6, 6.07) is 15.4. The number of hydrogen-bond acceptors (Lipinski definition) is 4. The fourth-order valence-corrected chi connectivity index (χ4v) is 6.85. The second-order valence-corrected chi connectivity index (χ2v) is 13.2. The lowest BCUT2D eigenvalue weighted by molar-refractivity contribution is -0.139. The number of amides is 2. The number of hydrogen-bond donors (Lipinski definition) is 1. The van der Waals surface area contributed by atoms with E-state index >= 15 is 0 Å². The van der Waals surface area contributed by atoms with Gasteiger partial charge < -0.3 is 10.2 Å². The molecule has 1 aliphatic carbocycles. The maximum absolute atomic E-state index is 14.1. The van der Waals surface area contributed by atoms with Gasteiger partial charge in [-0.2, -0.15) is 0 Å². The van der Waals surface area contributed by atoms with E-state index in [2.05, 4.69) is 5.32 Å². The summed E-state index contributed by atoms with van der Waals surface area (Å²) in [5.74, 6) is -1.42. The Balaban J connectivity index is 1.70. The monoisotopic (exact) mass is 633 g/mol. The Kier molecular flexibility index (Phi) is 10.5. The van der Waals surface area contributed by atoms with Gasteiger partial charge in [0.1, 0.15) is 18.4 Å². The number of nitrogens with one attached hydrogen (secondary N) is 1. The van der Waals surface area contributed by atoms with E-state index < -0.39 is 34.3 Å². The molecule has 2 amide bonds. The molecule has 42 heavy (non-hydrogen) atoms. The van der Waals surface area contributed by atoms with Crippen molar-refractivity contribution in [3.8, 4) is 0 Å². The van der Waals surface area contributed by atoms with Crippen LogP contribution < -0.4 is 9.62 Å². The van der Waals surface area contributed by atoms with Gasteiger partial charge in [0.2, 0.25) is 11.8 Å². The molecule has 3 aromatic rings. The van der Waals surface area contributed by atoms with E-state index in [1.165, 1.54) is 53.4 Å². The third kappa shape index (κ3) is 7.62. The summed E-state index contributed by atoms with van der Waals surface area (Å²) >= 11 is 12.7. The summed E-state index contributed by atoms with van der Waals surface area (Å²) in [6.07, 6.45) is 4.88. The predicted octanol–water partition coefficient (Wildman–Crippen LogP) is 6.50. The number of sulfonamides is 1. The van der Waals surface area contributed by atoms with Gasteiger partial charge in [-0.25, -0.2) is 12.8 Å². The smallest absolute Gasteiger partial charge is 0.264 e. The summed E-state index contributed by atoms with van der Waals surface area (Å²) in [5, 5.41) is 3.14. The lowest BCUT2D eigenvalue weighted by Crippen LogP contribution is -2.53. The summed E-state index contributed by atoms with van der Waals surface area (Å²) in [7, 11) is -4.29. The van der Waals surface area contributed by atoms with E-state index in [1.54, 1.807) is 25.1 Å². The Labute approximate surface area is 256 Å². The zero-order valence-corrected chi connectivity index (χ0v) is 25.9. The highest BCUT2D eigenvalue weighted by Crippen LogP contribution is 2.35. The van der Waals surface area contributed by atoms with Crippen molar-refractivity contribution in [2.45, 2.75) is 69.5 Å². The van der Waals surface area contributed by atoms with Crippen molar-refractivity contribution in [1.29, 1.82) is 0 Å². The van der Waals surface area contributed by atoms with Gasteiger partial charge in [0.15, 0.2) is 0 Å². The average molecular weight is 635 g/mol. The first-order valence-electron chi connectivity index (χ1n) is 13.8. The number of aryl methyl sites for hydroxylation is 1. The molecule has 1 atom stereocenters. The van der Waals surface area contributed by atoms with Gasteiger partial charge in [-0.15, -0.1) is 0 Å². The Hall–Kier alpha value is -3.14. The van der Waals surface area contributed by atoms with Crippen molar-refractivity contribution in [3.05, 3.63) is 93.7 Å². The van der Waals surface area contributed by atoms with Crippen LogP contribution in [0.2, 0.25) is 10.0 Å². The molecule has 0 radical (unpaired) electrons. The van der Waals surface area contributed by atoms with Gasteiger partial charge in [0, 0.05) is 12.6 Å². The lowest BCUT2D eigenvalue weighted by atomic mass is 9.95. The predicted molar refractivity (Wildman–Crippen MR) is 164 cm³/mol. The number of carbonyl (C=O) groups excluding carboxylic acids is 2. The van der Waals surface area contributed by atoms with Gasteiger partial charge in [0.05, 0.1) is 20.6 Å². The zero-order valence-electron chi connectivity index (χ0n) is 23.5. The van der Waals surface area contributed by atoms with Crippen molar-refractivity contribution in [2.75, 3.05) is 10.8 Å². The number of nitrogens with zero attached hydrogens (tertiary/aromatic N) is 2. The molecular weight excluding hydrogens is 600 g/mol. The zero-order chi connectivity index (χ0) is 30.4. The molecule has 1 saturated carbocycles.